The average Bonchev–Trinajstić information content (AvgIpc) is 2.83. The number of anilines is 1. The maximum Gasteiger partial charge on any atom is 0.416 e. The highest BCUT2D eigenvalue weighted by atomic mass is 32.2. The molecule has 0 bridgehead atoms. The second-order valence-corrected chi connectivity index (χ2v) is 10.8. The van der Waals surface area contributed by atoms with Gasteiger partial charge in [-0.25, -0.2) is 8.42 Å². The Labute approximate surface area is 204 Å². The van der Waals surface area contributed by atoms with Gasteiger partial charge in [-0.3, -0.25) is 4.79 Å². The number of methoxy groups -OCH3 is 1. The Morgan fingerprint density at radius 3 is 2.31 bits per heavy atom. The zero-order valence-corrected chi connectivity index (χ0v) is 21.0. The summed E-state index contributed by atoms with van der Waals surface area (Å²) in [6.07, 6.45) is -4.43. The molecular formula is C24H30F3N3O4S. The van der Waals surface area contributed by atoms with E-state index in [-0.39, 0.29) is 42.1 Å². The highest BCUT2D eigenvalue weighted by Crippen LogP contribution is 2.32. The molecule has 1 aliphatic heterocycles. The molecule has 7 nitrogen and oxygen atoms in total. The number of likely N-dealkylation sites (N-methyl/N-ethyl adjacent to an activating group) is 1. The predicted octanol–water partition coefficient (Wildman–Crippen LogP) is 3.81. The fraction of sp³-hybridized carbons (Fsp3) is 0.458. The van der Waals surface area contributed by atoms with E-state index in [1.807, 2.05) is 13.8 Å². The molecular weight excluding hydrogens is 483 g/mol. The molecule has 11 heteroatoms. The first-order valence-corrected chi connectivity index (χ1v) is 12.6. The molecule has 35 heavy (non-hydrogen) atoms. The van der Waals surface area contributed by atoms with Crippen molar-refractivity contribution in [3.63, 3.8) is 0 Å². The van der Waals surface area contributed by atoms with Crippen LogP contribution in [0, 0.1) is 0 Å². The number of halogens is 3. The van der Waals surface area contributed by atoms with Crippen molar-refractivity contribution >= 4 is 21.6 Å². The Kier molecular flexibility index (Phi) is 8.00. The third-order valence-corrected chi connectivity index (χ3v) is 7.90. The maximum absolute atomic E-state index is 13.2. The number of benzene rings is 2. The standard InChI is InChI=1S/C24H30F3N3O4S/c1-17(2)18-8-9-21(34-4)22(14-18)35(32,33)28(3)16-23(31)30-12-10-29(11-13-30)20-7-5-6-19(15-20)24(25,26)27/h5-9,14-15,17H,10-13,16H2,1-4H3. The van der Waals surface area contributed by atoms with E-state index in [0.717, 1.165) is 22.0 Å². The number of sulfonamides is 1. The van der Waals surface area contributed by atoms with E-state index in [2.05, 4.69) is 0 Å². The van der Waals surface area contributed by atoms with Crippen molar-refractivity contribution in [2.45, 2.75) is 30.8 Å². The first kappa shape index (κ1) is 26.8. The predicted molar refractivity (Wildman–Crippen MR) is 127 cm³/mol. The molecule has 1 saturated heterocycles. The van der Waals surface area contributed by atoms with Crippen LogP contribution in [0.1, 0.15) is 30.9 Å². The Hall–Kier alpha value is -2.79. The maximum atomic E-state index is 13.2. The summed E-state index contributed by atoms with van der Waals surface area (Å²) in [4.78, 5) is 16.2. The van der Waals surface area contributed by atoms with Gasteiger partial charge in [-0.05, 0) is 41.8 Å². The van der Waals surface area contributed by atoms with Crippen molar-refractivity contribution < 1.29 is 31.1 Å². The minimum atomic E-state index is -4.43. The summed E-state index contributed by atoms with van der Waals surface area (Å²) in [5.41, 5.74) is 0.538. The molecule has 1 aliphatic rings. The lowest BCUT2D eigenvalue weighted by Crippen LogP contribution is -2.51. The molecule has 3 rings (SSSR count). The summed E-state index contributed by atoms with van der Waals surface area (Å²) in [6.45, 7) is 4.77. The van der Waals surface area contributed by atoms with Gasteiger partial charge in [0.2, 0.25) is 15.9 Å². The summed E-state index contributed by atoms with van der Waals surface area (Å²) < 4.78 is 71.8. The average molecular weight is 514 g/mol. The van der Waals surface area contributed by atoms with Gasteiger partial charge in [-0.2, -0.15) is 17.5 Å². The monoisotopic (exact) mass is 513 g/mol. The van der Waals surface area contributed by atoms with E-state index in [9.17, 15) is 26.4 Å². The molecule has 1 heterocycles. The number of rotatable bonds is 7. The van der Waals surface area contributed by atoms with Gasteiger partial charge in [-0.15, -0.1) is 0 Å². The summed E-state index contributed by atoms with van der Waals surface area (Å²) in [5.74, 6) is -0.0722. The van der Waals surface area contributed by atoms with Crippen LogP contribution in [0.25, 0.3) is 0 Å². The van der Waals surface area contributed by atoms with Crippen LogP contribution in [0.3, 0.4) is 0 Å². The minimum absolute atomic E-state index is 0.00383. The van der Waals surface area contributed by atoms with Gasteiger partial charge in [0.15, 0.2) is 0 Å². The van der Waals surface area contributed by atoms with Crippen LogP contribution < -0.4 is 9.64 Å². The van der Waals surface area contributed by atoms with Gasteiger partial charge in [0.1, 0.15) is 10.6 Å². The lowest BCUT2D eigenvalue weighted by Gasteiger charge is -2.36. The van der Waals surface area contributed by atoms with E-state index in [1.165, 1.54) is 25.1 Å². The highest BCUT2D eigenvalue weighted by molar-refractivity contribution is 7.89. The minimum Gasteiger partial charge on any atom is -0.495 e. The molecule has 0 unspecified atom stereocenters. The van der Waals surface area contributed by atoms with Crippen LogP contribution in [0.2, 0.25) is 0 Å². The largest absolute Gasteiger partial charge is 0.495 e. The fourth-order valence-electron chi connectivity index (χ4n) is 3.89. The third-order valence-electron chi connectivity index (χ3n) is 6.07. The van der Waals surface area contributed by atoms with Crippen LogP contribution in [-0.4, -0.2) is 70.4 Å². The normalized spacial score (nSPS) is 15.1. The Bertz CT molecular complexity index is 1160. The van der Waals surface area contributed by atoms with E-state index < -0.39 is 21.8 Å². The SMILES string of the molecule is COc1ccc(C(C)C)cc1S(=O)(=O)N(C)CC(=O)N1CCN(c2cccc(C(F)(F)F)c2)CC1. The van der Waals surface area contributed by atoms with E-state index in [1.54, 1.807) is 29.2 Å². The number of hydrogen-bond acceptors (Lipinski definition) is 5. The third kappa shape index (κ3) is 6.07. The molecule has 2 aromatic carbocycles. The molecule has 0 N–H and O–H groups in total. The van der Waals surface area contributed by atoms with Gasteiger partial charge in [0.05, 0.1) is 19.2 Å². The number of carbonyl (C=O) groups is 1. The van der Waals surface area contributed by atoms with Crippen LogP contribution in [0.15, 0.2) is 47.4 Å². The Balaban J connectivity index is 1.67. The van der Waals surface area contributed by atoms with E-state index >= 15 is 0 Å². The quantitative estimate of drug-likeness (QED) is 0.563. The highest BCUT2D eigenvalue weighted by Gasteiger charge is 2.32. The van der Waals surface area contributed by atoms with Gasteiger partial charge < -0.3 is 14.5 Å². The molecule has 0 atom stereocenters. The molecule has 0 spiro atoms. The molecule has 192 valence electrons. The second kappa shape index (κ2) is 10.4. The van der Waals surface area contributed by atoms with E-state index in [0.29, 0.717) is 18.8 Å². The van der Waals surface area contributed by atoms with E-state index in [4.69, 9.17) is 4.74 Å². The lowest BCUT2D eigenvalue weighted by atomic mass is 10.0. The summed E-state index contributed by atoms with van der Waals surface area (Å²) in [6, 6.07) is 10.0. The van der Waals surface area contributed by atoms with Gasteiger partial charge in [-0.1, -0.05) is 26.0 Å². The topological polar surface area (TPSA) is 70.2 Å². The zero-order valence-electron chi connectivity index (χ0n) is 20.2. The molecule has 1 amide bonds. The summed E-state index contributed by atoms with van der Waals surface area (Å²) >= 11 is 0. The zero-order chi connectivity index (χ0) is 26.0. The number of hydrogen-bond donors (Lipinski definition) is 0. The first-order chi connectivity index (χ1) is 16.3. The Morgan fingerprint density at radius 1 is 1.09 bits per heavy atom. The van der Waals surface area contributed by atoms with Crippen molar-refractivity contribution in [1.29, 1.82) is 0 Å². The van der Waals surface area contributed by atoms with Crippen LogP contribution in [-0.2, 0) is 21.0 Å². The molecule has 2 aromatic rings. The first-order valence-electron chi connectivity index (χ1n) is 11.2. The fourth-order valence-corrected chi connectivity index (χ4v) is 5.20. The van der Waals surface area contributed by atoms with Crippen LogP contribution >= 0.6 is 0 Å². The van der Waals surface area contributed by atoms with Gasteiger partial charge in [0, 0.05) is 38.9 Å². The number of alkyl halides is 3. The lowest BCUT2D eigenvalue weighted by molar-refractivity contribution is -0.137. The molecule has 0 aliphatic carbocycles. The second-order valence-electron chi connectivity index (χ2n) is 8.74. The summed E-state index contributed by atoms with van der Waals surface area (Å²) in [5, 5.41) is 0. The van der Waals surface area contributed by atoms with Crippen molar-refractivity contribution in [3.8, 4) is 5.75 Å². The molecule has 0 aromatic heterocycles. The van der Waals surface area contributed by atoms with Crippen molar-refractivity contribution in [3.05, 3.63) is 53.6 Å². The number of carbonyl (C=O) groups excluding carboxylic acids is 1. The van der Waals surface area contributed by atoms with Crippen molar-refractivity contribution in [1.82, 2.24) is 9.21 Å². The van der Waals surface area contributed by atoms with Gasteiger partial charge in [0.25, 0.3) is 0 Å². The van der Waals surface area contributed by atoms with Crippen LogP contribution in [0.4, 0.5) is 18.9 Å². The Morgan fingerprint density at radius 2 is 1.74 bits per heavy atom. The van der Waals surface area contributed by atoms with Crippen molar-refractivity contribution in [2.24, 2.45) is 0 Å². The van der Waals surface area contributed by atoms with Crippen molar-refractivity contribution in [2.75, 3.05) is 51.8 Å². The number of piperazine rings is 1. The van der Waals surface area contributed by atoms with Gasteiger partial charge >= 0.3 is 6.18 Å². The molecule has 0 radical (unpaired) electrons. The number of ether oxygens (including phenoxy) is 1. The smallest absolute Gasteiger partial charge is 0.416 e. The number of nitrogens with zero attached hydrogens (tertiary/aromatic N) is 3. The molecule has 1 fully saturated rings. The number of amides is 1. The van der Waals surface area contributed by atoms with Crippen LogP contribution in [0.5, 0.6) is 5.75 Å². The summed E-state index contributed by atoms with van der Waals surface area (Å²) in [7, 11) is -1.27. The molecule has 0 saturated carbocycles.